The Kier molecular flexibility index (Phi) is 12.6. The van der Waals surface area contributed by atoms with Crippen molar-refractivity contribution < 1.29 is 4.79 Å². The molecule has 0 spiro atoms. The maximum Gasteiger partial charge on any atom is 0.220 e. The van der Waals surface area contributed by atoms with E-state index in [4.69, 9.17) is 11.6 Å². The van der Waals surface area contributed by atoms with Gasteiger partial charge in [0.1, 0.15) is 0 Å². The topological polar surface area (TPSA) is 29.1 Å². The molecule has 0 aliphatic rings. The summed E-state index contributed by atoms with van der Waals surface area (Å²) in [6.45, 7) is 7.14. The lowest BCUT2D eigenvalue weighted by Gasteiger charge is -2.19. The maximum absolute atomic E-state index is 11.7. The molecule has 0 radical (unpaired) electrons. The van der Waals surface area contributed by atoms with Crippen LogP contribution in [-0.2, 0) is 4.79 Å². The summed E-state index contributed by atoms with van der Waals surface area (Å²) < 4.78 is 0. The Labute approximate surface area is 124 Å². The van der Waals surface area contributed by atoms with E-state index in [2.05, 4.69) is 26.1 Å². The molecule has 0 aromatic heterocycles. The number of alkyl halides is 1. The molecule has 0 saturated heterocycles. The Balaban J connectivity index is 3.53. The summed E-state index contributed by atoms with van der Waals surface area (Å²) in [7, 11) is 0. The first-order valence-electron chi connectivity index (χ1n) is 8.06. The molecule has 0 aromatic rings. The normalized spacial score (nSPS) is 12.7. The summed E-state index contributed by atoms with van der Waals surface area (Å²) >= 11 is 6.29. The summed E-state index contributed by atoms with van der Waals surface area (Å²) in [6, 6.07) is 0. The quantitative estimate of drug-likeness (QED) is 0.402. The molecule has 0 heterocycles. The fraction of sp³-hybridized carbons (Fsp3) is 0.938. The van der Waals surface area contributed by atoms with Crippen molar-refractivity contribution in [3.63, 3.8) is 0 Å². The van der Waals surface area contributed by atoms with Crippen LogP contribution in [0.5, 0.6) is 0 Å². The van der Waals surface area contributed by atoms with Gasteiger partial charge in [0.15, 0.2) is 0 Å². The highest BCUT2D eigenvalue weighted by atomic mass is 35.5. The molecule has 0 aromatic carbocycles. The van der Waals surface area contributed by atoms with Crippen molar-refractivity contribution in [3.8, 4) is 0 Å². The number of carbonyl (C=O) groups is 1. The highest BCUT2D eigenvalue weighted by Crippen LogP contribution is 2.17. The third-order valence-corrected chi connectivity index (χ3v) is 4.32. The smallest absolute Gasteiger partial charge is 0.220 e. The van der Waals surface area contributed by atoms with Gasteiger partial charge in [-0.2, -0.15) is 0 Å². The molecule has 0 rings (SSSR count). The largest absolute Gasteiger partial charge is 0.355 e. The van der Waals surface area contributed by atoms with Crippen LogP contribution in [0.3, 0.4) is 0 Å². The first-order valence-corrected chi connectivity index (χ1v) is 8.50. The van der Waals surface area contributed by atoms with E-state index in [0.717, 1.165) is 19.3 Å². The van der Waals surface area contributed by atoms with Gasteiger partial charge in [0.05, 0.1) is 5.38 Å². The standard InChI is InChI=1S/C16H32ClNO/c1-4-7-8-9-10-11-12-16(19)18-13-15(17)14(5-2)6-3/h14-15H,4-13H2,1-3H3,(H,18,19). The van der Waals surface area contributed by atoms with Crippen molar-refractivity contribution in [2.75, 3.05) is 6.54 Å². The van der Waals surface area contributed by atoms with Gasteiger partial charge in [-0.25, -0.2) is 0 Å². The van der Waals surface area contributed by atoms with Crippen LogP contribution in [0, 0.1) is 5.92 Å². The van der Waals surface area contributed by atoms with Crippen molar-refractivity contribution in [2.24, 2.45) is 5.92 Å². The van der Waals surface area contributed by atoms with E-state index in [1.54, 1.807) is 0 Å². The molecule has 0 fully saturated rings. The van der Waals surface area contributed by atoms with Crippen LogP contribution in [0.1, 0.15) is 78.6 Å². The first-order chi connectivity index (χ1) is 9.15. The zero-order valence-electron chi connectivity index (χ0n) is 13.0. The molecule has 1 atom stereocenters. The molecule has 0 saturated carbocycles. The van der Waals surface area contributed by atoms with Crippen LogP contribution in [0.4, 0.5) is 0 Å². The summed E-state index contributed by atoms with van der Waals surface area (Å²) in [6.07, 6.45) is 10.1. The Hall–Kier alpha value is -0.240. The van der Waals surface area contributed by atoms with E-state index in [1.807, 2.05) is 0 Å². The van der Waals surface area contributed by atoms with Gasteiger partial charge >= 0.3 is 0 Å². The van der Waals surface area contributed by atoms with Crippen LogP contribution in [0.15, 0.2) is 0 Å². The van der Waals surface area contributed by atoms with Gasteiger partial charge < -0.3 is 5.32 Å². The first kappa shape index (κ1) is 18.8. The van der Waals surface area contributed by atoms with Gasteiger partial charge in [0.25, 0.3) is 0 Å². The number of amides is 1. The summed E-state index contributed by atoms with van der Waals surface area (Å²) in [5.74, 6) is 0.670. The van der Waals surface area contributed by atoms with Gasteiger partial charge in [-0.15, -0.1) is 11.6 Å². The van der Waals surface area contributed by atoms with E-state index < -0.39 is 0 Å². The van der Waals surface area contributed by atoms with E-state index in [9.17, 15) is 4.79 Å². The third kappa shape index (κ3) is 10.2. The van der Waals surface area contributed by atoms with E-state index in [0.29, 0.717) is 18.9 Å². The van der Waals surface area contributed by atoms with E-state index in [-0.39, 0.29) is 11.3 Å². The van der Waals surface area contributed by atoms with Gasteiger partial charge in [-0.05, 0) is 12.3 Å². The van der Waals surface area contributed by atoms with Crippen molar-refractivity contribution in [1.82, 2.24) is 5.32 Å². The third-order valence-electron chi connectivity index (χ3n) is 3.81. The Morgan fingerprint density at radius 3 is 2.16 bits per heavy atom. The number of halogens is 1. The lowest BCUT2D eigenvalue weighted by molar-refractivity contribution is -0.121. The Bertz CT molecular complexity index is 217. The SMILES string of the molecule is CCCCCCCCC(=O)NCC(Cl)C(CC)CC. The molecule has 19 heavy (non-hydrogen) atoms. The molecule has 114 valence electrons. The predicted octanol–water partition coefficient (Wildman–Crippen LogP) is 4.90. The minimum atomic E-state index is 0.0727. The summed E-state index contributed by atoms with van der Waals surface area (Å²) in [5.41, 5.74) is 0. The molecular formula is C16H32ClNO. The molecule has 1 N–H and O–H groups in total. The van der Waals surface area contributed by atoms with Crippen LogP contribution in [-0.4, -0.2) is 17.8 Å². The molecule has 0 bridgehead atoms. The lowest BCUT2D eigenvalue weighted by atomic mass is 9.99. The van der Waals surface area contributed by atoms with Gasteiger partial charge in [0, 0.05) is 13.0 Å². The second-order valence-corrected chi connectivity index (χ2v) is 5.97. The minimum Gasteiger partial charge on any atom is -0.355 e. The van der Waals surface area contributed by atoms with Gasteiger partial charge in [-0.3, -0.25) is 4.79 Å². The zero-order valence-corrected chi connectivity index (χ0v) is 13.8. The molecule has 2 nitrogen and oxygen atoms in total. The predicted molar refractivity (Wildman–Crippen MR) is 84.7 cm³/mol. The van der Waals surface area contributed by atoms with Crippen LogP contribution >= 0.6 is 11.6 Å². The number of hydrogen-bond donors (Lipinski definition) is 1. The monoisotopic (exact) mass is 289 g/mol. The van der Waals surface area contributed by atoms with Crippen LogP contribution in [0.2, 0.25) is 0 Å². The number of nitrogens with one attached hydrogen (secondary N) is 1. The fourth-order valence-electron chi connectivity index (χ4n) is 2.33. The Morgan fingerprint density at radius 1 is 1.00 bits per heavy atom. The fourth-order valence-corrected chi connectivity index (χ4v) is 2.77. The molecule has 1 unspecified atom stereocenters. The van der Waals surface area contributed by atoms with Gasteiger partial charge in [0.2, 0.25) is 5.91 Å². The second-order valence-electron chi connectivity index (χ2n) is 5.41. The van der Waals surface area contributed by atoms with E-state index in [1.165, 1.54) is 32.1 Å². The van der Waals surface area contributed by atoms with Crippen molar-refractivity contribution >= 4 is 17.5 Å². The highest BCUT2D eigenvalue weighted by molar-refractivity contribution is 6.21. The van der Waals surface area contributed by atoms with Gasteiger partial charge in [-0.1, -0.05) is 65.7 Å². The minimum absolute atomic E-state index is 0.0727. The number of hydrogen-bond acceptors (Lipinski definition) is 1. The number of carbonyl (C=O) groups excluding carboxylic acids is 1. The van der Waals surface area contributed by atoms with Crippen molar-refractivity contribution in [3.05, 3.63) is 0 Å². The van der Waals surface area contributed by atoms with E-state index >= 15 is 0 Å². The Morgan fingerprint density at radius 2 is 1.58 bits per heavy atom. The maximum atomic E-state index is 11.7. The average Bonchev–Trinajstić information content (AvgIpc) is 2.41. The molecule has 1 amide bonds. The van der Waals surface area contributed by atoms with Crippen LogP contribution < -0.4 is 5.32 Å². The molecule has 0 aliphatic heterocycles. The average molecular weight is 290 g/mol. The summed E-state index contributed by atoms with van der Waals surface area (Å²) in [5, 5.41) is 3.04. The van der Waals surface area contributed by atoms with Crippen LogP contribution in [0.25, 0.3) is 0 Å². The lowest BCUT2D eigenvalue weighted by Crippen LogP contribution is -2.33. The number of unbranched alkanes of at least 4 members (excludes halogenated alkanes) is 5. The molecular weight excluding hydrogens is 258 g/mol. The number of rotatable bonds is 12. The highest BCUT2D eigenvalue weighted by Gasteiger charge is 2.16. The zero-order chi connectivity index (χ0) is 14.5. The molecule has 0 aliphatic carbocycles. The molecule has 3 heteroatoms. The van der Waals surface area contributed by atoms with Crippen molar-refractivity contribution in [1.29, 1.82) is 0 Å². The van der Waals surface area contributed by atoms with Crippen molar-refractivity contribution in [2.45, 2.75) is 83.9 Å². The summed E-state index contributed by atoms with van der Waals surface area (Å²) in [4.78, 5) is 11.7. The second kappa shape index (κ2) is 12.8.